The third kappa shape index (κ3) is 2.64. The second-order valence-corrected chi connectivity index (χ2v) is 8.28. The van der Waals surface area contributed by atoms with Crippen LogP contribution in [-0.2, 0) is 10.0 Å². The smallest absolute Gasteiger partial charge is 0.212 e. The lowest BCUT2D eigenvalue weighted by Crippen LogP contribution is -2.45. The molecule has 0 aromatic carbocycles. The van der Waals surface area contributed by atoms with Crippen LogP contribution in [0.4, 0.5) is 0 Å². The molecule has 1 saturated heterocycles. The van der Waals surface area contributed by atoms with Crippen LogP contribution in [0, 0.1) is 5.41 Å². The molecule has 5 heteroatoms. The van der Waals surface area contributed by atoms with Crippen molar-refractivity contribution in [3.05, 3.63) is 0 Å². The molecule has 2 aliphatic rings. The van der Waals surface area contributed by atoms with Crippen molar-refractivity contribution in [3.8, 4) is 0 Å². The van der Waals surface area contributed by atoms with Gasteiger partial charge in [0.15, 0.2) is 0 Å². The van der Waals surface area contributed by atoms with E-state index in [4.69, 9.17) is 11.6 Å². The summed E-state index contributed by atoms with van der Waals surface area (Å²) in [5.74, 6) is 0.185. The van der Waals surface area contributed by atoms with Gasteiger partial charge in [0.25, 0.3) is 0 Å². The summed E-state index contributed by atoms with van der Waals surface area (Å²) in [7, 11) is -3.16. The molecule has 1 spiro atoms. The summed E-state index contributed by atoms with van der Waals surface area (Å²) in [6.45, 7) is 3.09. The first-order valence-electron chi connectivity index (χ1n) is 6.55. The van der Waals surface area contributed by atoms with Crippen LogP contribution >= 0.6 is 11.6 Å². The van der Waals surface area contributed by atoms with Gasteiger partial charge >= 0.3 is 0 Å². The summed E-state index contributed by atoms with van der Waals surface area (Å²) in [6.07, 6.45) is 7.33. The van der Waals surface area contributed by atoms with Crippen LogP contribution in [0.15, 0.2) is 0 Å². The fraction of sp³-hybridized carbons (Fsp3) is 1.00. The minimum atomic E-state index is -3.16. The number of sulfonamides is 1. The minimum absolute atomic E-state index is 0.185. The molecule has 0 radical (unpaired) electrons. The zero-order chi connectivity index (χ0) is 12.5. The highest BCUT2D eigenvalue weighted by atomic mass is 35.5. The molecule has 17 heavy (non-hydrogen) atoms. The molecule has 1 aliphatic carbocycles. The van der Waals surface area contributed by atoms with Crippen molar-refractivity contribution >= 4 is 21.6 Å². The molecule has 2 fully saturated rings. The lowest BCUT2D eigenvalue weighted by molar-refractivity contribution is 0.160. The molecule has 3 nitrogen and oxygen atoms in total. The van der Waals surface area contributed by atoms with E-state index in [0.717, 1.165) is 12.8 Å². The zero-order valence-electron chi connectivity index (χ0n) is 10.5. The molecule has 1 aliphatic heterocycles. The molecule has 1 unspecified atom stereocenters. The van der Waals surface area contributed by atoms with E-state index in [-0.39, 0.29) is 5.88 Å². The van der Waals surface area contributed by atoms with Crippen LogP contribution in [0.5, 0.6) is 0 Å². The van der Waals surface area contributed by atoms with Crippen molar-refractivity contribution in [2.24, 2.45) is 5.41 Å². The molecule has 0 aromatic heterocycles. The maximum Gasteiger partial charge on any atom is 0.217 e. The van der Waals surface area contributed by atoms with E-state index in [2.05, 4.69) is 0 Å². The Labute approximate surface area is 110 Å². The van der Waals surface area contributed by atoms with Gasteiger partial charge in [-0.25, -0.2) is 12.7 Å². The molecule has 1 heterocycles. The Morgan fingerprint density at radius 2 is 1.71 bits per heavy atom. The molecule has 0 amide bonds. The average molecular weight is 280 g/mol. The van der Waals surface area contributed by atoms with E-state index in [1.165, 1.54) is 25.7 Å². The number of halogens is 1. The third-order valence-electron chi connectivity index (χ3n) is 4.53. The Balaban J connectivity index is 1.99. The zero-order valence-corrected chi connectivity index (χ0v) is 12.1. The lowest BCUT2D eigenvalue weighted by Gasteiger charge is -2.39. The average Bonchev–Trinajstić information content (AvgIpc) is 2.77. The standard InChI is InChI=1S/C12H22ClNO2S/c1-11(10-13)17(15,16)14-8-6-12(7-9-14)4-2-3-5-12/h11H,2-10H2,1H3. The van der Waals surface area contributed by atoms with E-state index in [1.807, 2.05) is 0 Å². The van der Waals surface area contributed by atoms with Gasteiger partial charge in [0.05, 0.1) is 5.25 Å². The summed E-state index contributed by atoms with van der Waals surface area (Å²) in [6, 6.07) is 0. The monoisotopic (exact) mass is 279 g/mol. The molecule has 0 N–H and O–H groups in total. The van der Waals surface area contributed by atoms with Gasteiger partial charge in [-0.2, -0.15) is 0 Å². The Morgan fingerprint density at radius 3 is 2.18 bits per heavy atom. The predicted molar refractivity (Wildman–Crippen MR) is 70.8 cm³/mol. The Morgan fingerprint density at radius 1 is 1.18 bits per heavy atom. The van der Waals surface area contributed by atoms with E-state index < -0.39 is 15.3 Å². The number of alkyl halides is 1. The number of hydrogen-bond acceptors (Lipinski definition) is 2. The number of nitrogens with zero attached hydrogens (tertiary/aromatic N) is 1. The topological polar surface area (TPSA) is 37.4 Å². The summed E-state index contributed by atoms with van der Waals surface area (Å²) in [5, 5.41) is -0.457. The van der Waals surface area contributed by atoms with Crippen LogP contribution in [0.25, 0.3) is 0 Å². The Hall–Kier alpha value is 0.200. The van der Waals surface area contributed by atoms with Gasteiger partial charge in [0.1, 0.15) is 0 Å². The maximum atomic E-state index is 12.2. The molecule has 100 valence electrons. The maximum absolute atomic E-state index is 12.2. The van der Waals surface area contributed by atoms with Crippen molar-refractivity contribution in [1.29, 1.82) is 0 Å². The molecule has 1 atom stereocenters. The summed E-state index contributed by atoms with van der Waals surface area (Å²) < 4.78 is 26.0. The summed E-state index contributed by atoms with van der Waals surface area (Å²) in [4.78, 5) is 0. The Kier molecular flexibility index (Phi) is 4.06. The van der Waals surface area contributed by atoms with Gasteiger partial charge in [0, 0.05) is 19.0 Å². The van der Waals surface area contributed by atoms with Crippen LogP contribution < -0.4 is 0 Å². The third-order valence-corrected chi connectivity index (χ3v) is 7.45. The van der Waals surface area contributed by atoms with Gasteiger partial charge in [-0.15, -0.1) is 11.6 Å². The second kappa shape index (κ2) is 5.06. The van der Waals surface area contributed by atoms with Crippen molar-refractivity contribution < 1.29 is 8.42 Å². The fourth-order valence-corrected chi connectivity index (χ4v) is 5.01. The number of piperidine rings is 1. The van der Waals surface area contributed by atoms with E-state index in [0.29, 0.717) is 18.5 Å². The van der Waals surface area contributed by atoms with Gasteiger partial charge in [-0.05, 0) is 38.0 Å². The van der Waals surface area contributed by atoms with Gasteiger partial charge in [-0.3, -0.25) is 0 Å². The van der Waals surface area contributed by atoms with Crippen LogP contribution in [0.1, 0.15) is 45.4 Å². The molecule has 1 saturated carbocycles. The van der Waals surface area contributed by atoms with E-state index in [1.54, 1.807) is 11.2 Å². The molecule has 0 aromatic rings. The minimum Gasteiger partial charge on any atom is -0.212 e. The molecule has 2 rings (SSSR count). The first kappa shape index (κ1) is 13.6. The molecule has 0 bridgehead atoms. The fourth-order valence-electron chi connectivity index (χ4n) is 3.17. The van der Waals surface area contributed by atoms with Crippen molar-refractivity contribution in [3.63, 3.8) is 0 Å². The highest BCUT2D eigenvalue weighted by Crippen LogP contribution is 2.46. The SMILES string of the molecule is CC(CCl)S(=O)(=O)N1CCC2(CCCC2)CC1. The van der Waals surface area contributed by atoms with Crippen LogP contribution in [-0.4, -0.2) is 36.9 Å². The quantitative estimate of drug-likeness (QED) is 0.745. The summed E-state index contributed by atoms with van der Waals surface area (Å²) in [5.41, 5.74) is 0.468. The first-order chi connectivity index (χ1) is 8.00. The van der Waals surface area contributed by atoms with Gasteiger partial charge < -0.3 is 0 Å². The van der Waals surface area contributed by atoms with Crippen LogP contribution in [0.3, 0.4) is 0 Å². The molecular formula is C12H22ClNO2S. The Bertz CT molecular complexity index is 353. The van der Waals surface area contributed by atoms with Crippen molar-refractivity contribution in [2.45, 2.75) is 50.7 Å². The number of rotatable bonds is 3. The molecular weight excluding hydrogens is 258 g/mol. The second-order valence-electron chi connectivity index (χ2n) is 5.62. The van der Waals surface area contributed by atoms with Gasteiger partial charge in [0.2, 0.25) is 10.0 Å². The van der Waals surface area contributed by atoms with E-state index in [9.17, 15) is 8.42 Å². The normalized spacial score (nSPS) is 27.4. The largest absolute Gasteiger partial charge is 0.217 e. The predicted octanol–water partition coefficient (Wildman–Crippen LogP) is 2.60. The highest BCUT2D eigenvalue weighted by molar-refractivity contribution is 7.89. The van der Waals surface area contributed by atoms with E-state index >= 15 is 0 Å². The van der Waals surface area contributed by atoms with Gasteiger partial charge in [-0.1, -0.05) is 12.8 Å². The first-order valence-corrected chi connectivity index (χ1v) is 8.59. The highest BCUT2D eigenvalue weighted by Gasteiger charge is 2.40. The lowest BCUT2D eigenvalue weighted by atomic mass is 9.78. The van der Waals surface area contributed by atoms with Crippen LogP contribution in [0.2, 0.25) is 0 Å². The van der Waals surface area contributed by atoms with Crippen molar-refractivity contribution in [2.75, 3.05) is 19.0 Å². The van der Waals surface area contributed by atoms with Crippen molar-refractivity contribution in [1.82, 2.24) is 4.31 Å². The summed E-state index contributed by atoms with van der Waals surface area (Å²) >= 11 is 5.67. The number of hydrogen-bond donors (Lipinski definition) is 0.